The highest BCUT2D eigenvalue weighted by atomic mass is 35.5. The van der Waals surface area contributed by atoms with Crippen molar-refractivity contribution in [1.29, 1.82) is 5.26 Å². The summed E-state index contributed by atoms with van der Waals surface area (Å²) in [7, 11) is 0. The number of nitrogens with one attached hydrogen (secondary N) is 1. The van der Waals surface area contributed by atoms with Crippen LogP contribution in [0.5, 0.6) is 0 Å². The zero-order chi connectivity index (χ0) is 24.9. The fraction of sp³-hybridized carbons (Fsp3) is 0.296. The number of rotatable bonds is 7. The lowest BCUT2D eigenvalue weighted by atomic mass is 9.57. The van der Waals surface area contributed by atoms with Gasteiger partial charge in [-0.05, 0) is 50.1 Å². The molecule has 0 amide bonds. The molecule has 2 N–H and O–H groups in total. The normalized spacial score (nSPS) is 23.1. The van der Waals surface area contributed by atoms with Gasteiger partial charge in [0.05, 0.1) is 17.6 Å². The van der Waals surface area contributed by atoms with E-state index in [0.29, 0.717) is 16.3 Å². The molecule has 0 aromatic heterocycles. The number of benzene rings is 2. The Morgan fingerprint density at radius 3 is 2.59 bits per heavy atom. The second kappa shape index (κ2) is 10.6. The first-order valence-corrected chi connectivity index (χ1v) is 11.4. The quantitative estimate of drug-likeness (QED) is 0.532. The minimum atomic E-state index is -1.51. The summed E-state index contributed by atoms with van der Waals surface area (Å²) in [6.07, 6.45) is 3.55. The lowest BCUT2D eigenvalue weighted by Crippen LogP contribution is -2.60. The molecule has 1 aliphatic heterocycles. The topological polar surface area (TPSA) is 99.4 Å². The van der Waals surface area contributed by atoms with E-state index in [4.69, 9.17) is 16.3 Å². The molecule has 6 nitrogen and oxygen atoms in total. The number of nitrogens with zero attached hydrogens (tertiary/aromatic N) is 1. The Balaban J connectivity index is 2.09. The van der Waals surface area contributed by atoms with E-state index in [0.717, 1.165) is 5.56 Å². The van der Waals surface area contributed by atoms with E-state index in [1.165, 1.54) is 0 Å². The summed E-state index contributed by atoms with van der Waals surface area (Å²) in [6.45, 7) is 5.03. The SMILES string of the molecule is CC1=C(C(=O)O)C(c2cccc(Cl)c2)C(C(=O)OCC=Cc2ccccc2)(C(C)C#N)C(C)N1. The summed E-state index contributed by atoms with van der Waals surface area (Å²) in [5.41, 5.74) is 0.431. The van der Waals surface area contributed by atoms with Crippen LogP contribution in [0.3, 0.4) is 0 Å². The maximum Gasteiger partial charge on any atom is 0.333 e. The molecule has 1 aliphatic rings. The highest BCUT2D eigenvalue weighted by Crippen LogP contribution is 2.53. The molecule has 4 atom stereocenters. The number of carbonyl (C=O) groups is 2. The van der Waals surface area contributed by atoms with Gasteiger partial charge in [0.1, 0.15) is 12.0 Å². The number of carboxylic acid groups (broad SMARTS) is 1. The van der Waals surface area contributed by atoms with Gasteiger partial charge < -0.3 is 15.2 Å². The van der Waals surface area contributed by atoms with Crippen LogP contribution in [-0.4, -0.2) is 29.7 Å². The Bertz CT molecular complexity index is 1170. The molecule has 1 heterocycles. The number of ether oxygens (including phenoxy) is 1. The standard InChI is InChI=1S/C27H27ClN2O4/c1-17(16-29)27(26(33)34-14-8-11-20-9-5-4-6-10-20)19(3)30-18(2)23(25(31)32)24(27)21-12-7-13-22(28)15-21/h4-13,15,17,19,24,30H,14H2,1-3H3,(H,31,32). The van der Waals surface area contributed by atoms with Gasteiger partial charge in [0.15, 0.2) is 0 Å². The van der Waals surface area contributed by atoms with Crippen molar-refractivity contribution in [2.75, 3.05) is 6.61 Å². The molecule has 3 rings (SSSR count). The van der Waals surface area contributed by atoms with Crippen molar-refractivity contribution in [1.82, 2.24) is 5.32 Å². The largest absolute Gasteiger partial charge is 0.478 e. The van der Waals surface area contributed by atoms with Crippen LogP contribution in [0.2, 0.25) is 5.02 Å². The van der Waals surface area contributed by atoms with Gasteiger partial charge in [0, 0.05) is 22.7 Å². The smallest absolute Gasteiger partial charge is 0.333 e. The molecule has 0 saturated carbocycles. The van der Waals surface area contributed by atoms with Crippen LogP contribution in [0.1, 0.15) is 37.8 Å². The lowest BCUT2D eigenvalue weighted by molar-refractivity contribution is -0.161. The van der Waals surface area contributed by atoms with E-state index in [-0.39, 0.29) is 12.2 Å². The molecule has 34 heavy (non-hydrogen) atoms. The fourth-order valence-electron chi connectivity index (χ4n) is 4.84. The number of carboxylic acids is 1. The maximum absolute atomic E-state index is 13.8. The Hall–Kier alpha value is -3.56. The molecule has 0 spiro atoms. The summed E-state index contributed by atoms with van der Waals surface area (Å²) in [4.78, 5) is 26.2. The average molecular weight is 479 g/mol. The fourth-order valence-corrected chi connectivity index (χ4v) is 5.04. The summed E-state index contributed by atoms with van der Waals surface area (Å²) in [6, 6.07) is 17.9. The molecule has 2 aromatic carbocycles. The van der Waals surface area contributed by atoms with E-state index < -0.39 is 35.2 Å². The average Bonchev–Trinajstić information content (AvgIpc) is 2.81. The van der Waals surface area contributed by atoms with Crippen LogP contribution in [0.4, 0.5) is 0 Å². The number of esters is 1. The van der Waals surface area contributed by atoms with Crippen LogP contribution < -0.4 is 5.32 Å². The molecule has 4 unspecified atom stereocenters. The van der Waals surface area contributed by atoms with Gasteiger partial charge in [0.25, 0.3) is 0 Å². The number of hydrogen-bond acceptors (Lipinski definition) is 5. The first kappa shape index (κ1) is 25.1. The Morgan fingerprint density at radius 1 is 1.26 bits per heavy atom. The number of halogens is 1. The maximum atomic E-state index is 13.8. The Labute approximate surface area is 204 Å². The van der Waals surface area contributed by atoms with E-state index in [1.54, 1.807) is 51.1 Å². The van der Waals surface area contributed by atoms with Crippen molar-refractivity contribution in [2.45, 2.75) is 32.7 Å². The molecule has 0 bridgehead atoms. The molecule has 0 aliphatic carbocycles. The van der Waals surface area contributed by atoms with E-state index in [9.17, 15) is 20.0 Å². The zero-order valence-electron chi connectivity index (χ0n) is 19.3. The third kappa shape index (κ3) is 4.71. The predicted molar refractivity (Wildman–Crippen MR) is 131 cm³/mol. The molecular weight excluding hydrogens is 452 g/mol. The van der Waals surface area contributed by atoms with Crippen LogP contribution in [0.25, 0.3) is 6.08 Å². The minimum Gasteiger partial charge on any atom is -0.478 e. The first-order chi connectivity index (χ1) is 16.2. The first-order valence-electron chi connectivity index (χ1n) is 11.0. The number of allylic oxidation sites excluding steroid dienone is 1. The monoisotopic (exact) mass is 478 g/mol. The van der Waals surface area contributed by atoms with Crippen molar-refractivity contribution in [3.63, 3.8) is 0 Å². The zero-order valence-corrected chi connectivity index (χ0v) is 20.0. The van der Waals surface area contributed by atoms with Gasteiger partial charge in [0.2, 0.25) is 0 Å². The van der Waals surface area contributed by atoms with Crippen molar-refractivity contribution in [2.24, 2.45) is 11.3 Å². The van der Waals surface area contributed by atoms with Gasteiger partial charge >= 0.3 is 11.9 Å². The highest BCUT2D eigenvalue weighted by molar-refractivity contribution is 6.30. The van der Waals surface area contributed by atoms with Crippen molar-refractivity contribution < 1.29 is 19.4 Å². The molecule has 0 saturated heterocycles. The van der Waals surface area contributed by atoms with Crippen molar-refractivity contribution in [3.8, 4) is 6.07 Å². The Kier molecular flexibility index (Phi) is 7.80. The second-order valence-corrected chi connectivity index (χ2v) is 8.83. The van der Waals surface area contributed by atoms with Gasteiger partial charge in [-0.3, -0.25) is 4.79 Å². The molecule has 0 fully saturated rings. The Morgan fingerprint density at radius 2 is 1.97 bits per heavy atom. The number of carbonyl (C=O) groups excluding carboxylic acids is 1. The van der Waals surface area contributed by atoms with Gasteiger partial charge in [-0.2, -0.15) is 5.26 Å². The molecule has 176 valence electrons. The van der Waals surface area contributed by atoms with E-state index >= 15 is 0 Å². The van der Waals surface area contributed by atoms with Crippen LogP contribution in [-0.2, 0) is 14.3 Å². The molecule has 2 aromatic rings. The summed E-state index contributed by atoms with van der Waals surface area (Å²) in [5.74, 6) is -3.63. The van der Waals surface area contributed by atoms with Gasteiger partial charge in [-0.25, -0.2) is 4.79 Å². The van der Waals surface area contributed by atoms with Crippen LogP contribution >= 0.6 is 11.6 Å². The summed E-state index contributed by atoms with van der Waals surface area (Å²) >= 11 is 6.24. The molecular formula is C27H27ClN2O4. The van der Waals surface area contributed by atoms with Gasteiger partial charge in [-0.15, -0.1) is 0 Å². The van der Waals surface area contributed by atoms with E-state index in [1.807, 2.05) is 36.4 Å². The summed E-state index contributed by atoms with van der Waals surface area (Å²) < 4.78 is 5.68. The van der Waals surface area contributed by atoms with Gasteiger partial charge in [-0.1, -0.05) is 60.1 Å². The predicted octanol–water partition coefficient (Wildman–Crippen LogP) is 5.18. The lowest BCUT2D eigenvalue weighted by Gasteiger charge is -2.49. The number of nitriles is 1. The van der Waals surface area contributed by atoms with Crippen molar-refractivity contribution >= 4 is 29.6 Å². The minimum absolute atomic E-state index is 0.0132. The number of hydrogen-bond donors (Lipinski definition) is 2. The van der Waals surface area contributed by atoms with Crippen molar-refractivity contribution in [3.05, 3.63) is 88.1 Å². The second-order valence-electron chi connectivity index (χ2n) is 8.39. The summed E-state index contributed by atoms with van der Waals surface area (Å²) in [5, 5.41) is 23.6. The highest BCUT2D eigenvalue weighted by Gasteiger charge is 2.60. The van der Waals surface area contributed by atoms with Crippen LogP contribution in [0.15, 0.2) is 71.9 Å². The third-order valence-electron chi connectivity index (χ3n) is 6.42. The van der Waals surface area contributed by atoms with Crippen LogP contribution in [0, 0.1) is 22.7 Å². The molecule has 0 radical (unpaired) electrons. The molecule has 7 heteroatoms. The number of aliphatic carboxylic acids is 1. The third-order valence-corrected chi connectivity index (χ3v) is 6.65. The van der Waals surface area contributed by atoms with E-state index in [2.05, 4.69) is 11.4 Å².